The third-order valence-electron chi connectivity index (χ3n) is 4.06. The number of hydrogen-bond acceptors (Lipinski definition) is 3. The Balaban J connectivity index is 2.23. The second-order valence-electron chi connectivity index (χ2n) is 5.39. The van der Waals surface area contributed by atoms with E-state index in [-0.39, 0.29) is 29.8 Å². The molecule has 0 aliphatic carbocycles. The van der Waals surface area contributed by atoms with E-state index in [0.717, 1.165) is 12.0 Å². The molecule has 1 aliphatic heterocycles. The fraction of sp³-hybridized carbons (Fsp3) is 0.600. The molecule has 0 radical (unpaired) electrons. The Morgan fingerprint density at radius 1 is 1.40 bits per heavy atom. The van der Waals surface area contributed by atoms with Gasteiger partial charge in [-0.05, 0) is 34.7 Å². The zero-order valence-corrected chi connectivity index (χ0v) is 13.1. The van der Waals surface area contributed by atoms with E-state index in [0.29, 0.717) is 13.0 Å². The fourth-order valence-electron chi connectivity index (χ4n) is 2.58. The van der Waals surface area contributed by atoms with Crippen molar-refractivity contribution in [1.29, 1.82) is 0 Å². The Labute approximate surface area is 124 Å². The molecule has 2 amide bonds. The summed E-state index contributed by atoms with van der Waals surface area (Å²) in [6, 6.07) is 1.28. The van der Waals surface area contributed by atoms with Gasteiger partial charge in [-0.25, -0.2) is 0 Å². The van der Waals surface area contributed by atoms with Gasteiger partial charge >= 0.3 is 0 Å². The number of rotatable bonds is 5. The molecule has 1 aliphatic rings. The molecule has 3 atom stereocenters. The summed E-state index contributed by atoms with van der Waals surface area (Å²) in [4.78, 5) is 26.7. The van der Waals surface area contributed by atoms with E-state index < -0.39 is 0 Å². The molecule has 4 nitrogen and oxygen atoms in total. The van der Waals surface area contributed by atoms with Gasteiger partial charge in [0.05, 0.1) is 0 Å². The first kappa shape index (κ1) is 15.0. The lowest BCUT2D eigenvalue weighted by molar-refractivity contribution is -0.151. The van der Waals surface area contributed by atoms with Crippen molar-refractivity contribution in [2.24, 2.45) is 5.92 Å². The Kier molecular flexibility index (Phi) is 4.81. The second-order valence-corrected chi connectivity index (χ2v) is 6.17. The van der Waals surface area contributed by atoms with E-state index in [2.05, 4.69) is 5.32 Å². The molecular formula is C15H22N2O2S. The van der Waals surface area contributed by atoms with Gasteiger partial charge in [-0.1, -0.05) is 27.2 Å². The molecule has 2 heterocycles. The first-order chi connectivity index (χ1) is 9.58. The minimum absolute atomic E-state index is 0.0207. The third-order valence-corrected chi connectivity index (χ3v) is 4.79. The highest BCUT2D eigenvalue weighted by Crippen LogP contribution is 2.22. The number of amides is 2. The van der Waals surface area contributed by atoms with Crippen LogP contribution in [0, 0.1) is 5.92 Å². The lowest BCUT2D eigenvalue weighted by Gasteiger charge is -2.40. The van der Waals surface area contributed by atoms with Gasteiger partial charge in [-0.15, -0.1) is 0 Å². The summed E-state index contributed by atoms with van der Waals surface area (Å²) >= 11 is 1.61. The van der Waals surface area contributed by atoms with Crippen LogP contribution >= 0.6 is 11.3 Å². The van der Waals surface area contributed by atoms with Crippen molar-refractivity contribution in [3.8, 4) is 0 Å². The quantitative estimate of drug-likeness (QED) is 0.906. The van der Waals surface area contributed by atoms with Crippen LogP contribution in [0.5, 0.6) is 0 Å². The molecule has 2 rings (SSSR count). The lowest BCUT2D eigenvalue weighted by atomic mass is 9.93. The Morgan fingerprint density at radius 3 is 2.70 bits per heavy atom. The molecule has 1 N–H and O–H groups in total. The molecule has 1 fully saturated rings. The number of carbonyl (C=O) groups excluding carboxylic acids is 2. The summed E-state index contributed by atoms with van der Waals surface area (Å²) in [6.07, 6.45) is 1.52. The Bertz CT molecular complexity index is 472. The van der Waals surface area contributed by atoms with Crippen molar-refractivity contribution >= 4 is 23.2 Å². The fourth-order valence-corrected chi connectivity index (χ4v) is 3.24. The zero-order valence-electron chi connectivity index (χ0n) is 12.3. The Hall–Kier alpha value is -1.36. The maximum Gasteiger partial charge on any atom is 0.246 e. The first-order valence-electron chi connectivity index (χ1n) is 7.20. The van der Waals surface area contributed by atoms with Crippen LogP contribution in [0.1, 0.15) is 39.2 Å². The predicted molar refractivity (Wildman–Crippen MR) is 80.3 cm³/mol. The van der Waals surface area contributed by atoms with Gasteiger partial charge in [0.1, 0.15) is 12.1 Å². The number of nitrogens with one attached hydrogen (secondary N) is 1. The smallest absolute Gasteiger partial charge is 0.246 e. The number of nitrogens with zero attached hydrogens (tertiary/aromatic N) is 1. The van der Waals surface area contributed by atoms with Crippen molar-refractivity contribution in [3.05, 3.63) is 22.4 Å². The standard InChI is InChI=1S/C15H22N2O2S/c1-4-10(3)13-15(19)17(8-11-6-7-20-9-11)12(5-2)14(18)16-13/h6-7,9-10,12-13H,4-5,8H2,1-3H3,(H,16,18). The summed E-state index contributed by atoms with van der Waals surface area (Å²) in [5, 5.41) is 6.93. The topological polar surface area (TPSA) is 49.4 Å². The van der Waals surface area contributed by atoms with Crippen molar-refractivity contribution in [3.63, 3.8) is 0 Å². The molecule has 1 saturated heterocycles. The van der Waals surface area contributed by atoms with Crippen LogP contribution in [0.3, 0.4) is 0 Å². The molecule has 0 aromatic carbocycles. The normalized spacial score (nSPS) is 24.6. The van der Waals surface area contributed by atoms with Gasteiger partial charge in [-0.3, -0.25) is 9.59 Å². The van der Waals surface area contributed by atoms with E-state index in [1.807, 2.05) is 37.6 Å². The molecule has 1 aromatic rings. The molecule has 0 spiro atoms. The van der Waals surface area contributed by atoms with Crippen LogP contribution in [0.15, 0.2) is 16.8 Å². The number of hydrogen-bond donors (Lipinski definition) is 1. The zero-order chi connectivity index (χ0) is 14.7. The minimum atomic E-state index is -0.381. The van der Waals surface area contributed by atoms with Crippen LogP contribution < -0.4 is 5.32 Å². The second kappa shape index (κ2) is 6.39. The molecule has 1 aromatic heterocycles. The molecule has 5 heteroatoms. The highest BCUT2D eigenvalue weighted by Gasteiger charge is 2.41. The average Bonchev–Trinajstić information content (AvgIpc) is 2.95. The summed E-state index contributed by atoms with van der Waals surface area (Å²) in [5.41, 5.74) is 1.10. The van der Waals surface area contributed by atoms with E-state index >= 15 is 0 Å². The van der Waals surface area contributed by atoms with Crippen LogP contribution in [0.25, 0.3) is 0 Å². The highest BCUT2D eigenvalue weighted by molar-refractivity contribution is 7.07. The van der Waals surface area contributed by atoms with E-state index in [9.17, 15) is 9.59 Å². The highest BCUT2D eigenvalue weighted by atomic mass is 32.1. The van der Waals surface area contributed by atoms with Crippen molar-refractivity contribution in [2.45, 2.75) is 52.2 Å². The summed E-state index contributed by atoms with van der Waals surface area (Å²) in [5.74, 6) is 0.193. The maximum absolute atomic E-state index is 12.7. The van der Waals surface area contributed by atoms with Crippen LogP contribution in [0.4, 0.5) is 0 Å². The van der Waals surface area contributed by atoms with Gasteiger partial charge in [0.2, 0.25) is 11.8 Å². The molecule has 110 valence electrons. The van der Waals surface area contributed by atoms with Crippen molar-refractivity contribution in [1.82, 2.24) is 10.2 Å². The first-order valence-corrected chi connectivity index (χ1v) is 8.14. The number of carbonyl (C=O) groups is 2. The molecule has 0 bridgehead atoms. The summed E-state index contributed by atoms with van der Waals surface area (Å²) in [6.45, 7) is 6.53. The van der Waals surface area contributed by atoms with Crippen LogP contribution in [0.2, 0.25) is 0 Å². The van der Waals surface area contributed by atoms with E-state index in [1.165, 1.54) is 0 Å². The Morgan fingerprint density at radius 2 is 2.15 bits per heavy atom. The average molecular weight is 294 g/mol. The van der Waals surface area contributed by atoms with Crippen molar-refractivity contribution < 1.29 is 9.59 Å². The van der Waals surface area contributed by atoms with Gasteiger partial charge in [-0.2, -0.15) is 11.3 Å². The van der Waals surface area contributed by atoms with Crippen molar-refractivity contribution in [2.75, 3.05) is 0 Å². The number of thiophene rings is 1. The van der Waals surface area contributed by atoms with Crippen LogP contribution in [-0.4, -0.2) is 28.8 Å². The SMILES string of the molecule is CCC(C)C1NC(=O)C(CC)N(Cc2ccsc2)C1=O. The molecule has 20 heavy (non-hydrogen) atoms. The summed E-state index contributed by atoms with van der Waals surface area (Å²) in [7, 11) is 0. The largest absolute Gasteiger partial charge is 0.342 e. The van der Waals surface area contributed by atoms with Crippen LogP contribution in [-0.2, 0) is 16.1 Å². The molecule has 3 unspecified atom stereocenters. The molecular weight excluding hydrogens is 272 g/mol. The summed E-state index contributed by atoms with van der Waals surface area (Å²) < 4.78 is 0. The monoisotopic (exact) mass is 294 g/mol. The number of piperazine rings is 1. The van der Waals surface area contributed by atoms with Gasteiger partial charge in [0.25, 0.3) is 0 Å². The predicted octanol–water partition coefficient (Wildman–Crippen LogP) is 2.40. The maximum atomic E-state index is 12.7. The lowest BCUT2D eigenvalue weighted by Crippen LogP contribution is -2.64. The van der Waals surface area contributed by atoms with E-state index in [4.69, 9.17) is 0 Å². The third kappa shape index (κ3) is 2.87. The molecule has 0 saturated carbocycles. The van der Waals surface area contributed by atoms with Gasteiger partial charge < -0.3 is 10.2 Å². The minimum Gasteiger partial charge on any atom is -0.342 e. The van der Waals surface area contributed by atoms with Gasteiger partial charge in [0.15, 0.2) is 0 Å². The van der Waals surface area contributed by atoms with Gasteiger partial charge in [0, 0.05) is 6.54 Å². The van der Waals surface area contributed by atoms with E-state index in [1.54, 1.807) is 16.2 Å².